The Labute approximate surface area is 110 Å². The maximum Gasteiger partial charge on any atom is 0.257 e. The fourth-order valence-corrected chi connectivity index (χ4v) is 2.57. The normalized spacial score (nSPS) is 23.6. The fourth-order valence-electron chi connectivity index (χ4n) is 2.47. The van der Waals surface area contributed by atoms with Crippen LogP contribution >= 0.6 is 11.6 Å². The highest BCUT2D eigenvalue weighted by Crippen LogP contribution is 2.30. The quantitative estimate of drug-likeness (QED) is 0.783. The van der Waals surface area contributed by atoms with Gasteiger partial charge in [0.2, 0.25) is 0 Å². The summed E-state index contributed by atoms with van der Waals surface area (Å²) in [5.41, 5.74) is 0.995. The molecular formula is C12H13ClN4O. The minimum atomic E-state index is -0.0509. The molecule has 1 fully saturated rings. The van der Waals surface area contributed by atoms with Gasteiger partial charge in [0.05, 0.1) is 11.6 Å². The molecule has 0 N–H and O–H groups in total. The summed E-state index contributed by atoms with van der Waals surface area (Å²) < 4.78 is 0. The lowest BCUT2D eigenvalue weighted by Gasteiger charge is -2.12. The molecule has 1 atom stereocenters. The number of halogens is 1. The van der Waals surface area contributed by atoms with Crippen LogP contribution in [0.4, 0.5) is 5.82 Å². The van der Waals surface area contributed by atoms with Crippen LogP contribution in [0.25, 0.3) is 0 Å². The van der Waals surface area contributed by atoms with Crippen molar-refractivity contribution in [3.8, 4) is 0 Å². The van der Waals surface area contributed by atoms with Gasteiger partial charge in [-0.3, -0.25) is 4.79 Å². The van der Waals surface area contributed by atoms with Gasteiger partial charge in [0, 0.05) is 0 Å². The van der Waals surface area contributed by atoms with E-state index in [1.807, 2.05) is 0 Å². The summed E-state index contributed by atoms with van der Waals surface area (Å²) in [5.74, 6) is 0.415. The summed E-state index contributed by atoms with van der Waals surface area (Å²) in [6, 6.07) is 3.29. The van der Waals surface area contributed by atoms with Crippen molar-refractivity contribution in [2.45, 2.75) is 32.1 Å². The maximum absolute atomic E-state index is 12.3. The molecule has 1 aromatic heterocycles. The Morgan fingerprint density at radius 1 is 1.22 bits per heavy atom. The molecule has 2 aliphatic rings. The monoisotopic (exact) mass is 264 g/mol. The summed E-state index contributed by atoms with van der Waals surface area (Å²) in [6.07, 6.45) is 5.20. The van der Waals surface area contributed by atoms with Crippen molar-refractivity contribution < 1.29 is 4.79 Å². The molecule has 1 aliphatic carbocycles. The van der Waals surface area contributed by atoms with E-state index < -0.39 is 0 Å². The predicted molar refractivity (Wildman–Crippen MR) is 68.5 cm³/mol. The highest BCUT2D eigenvalue weighted by Gasteiger charge is 2.37. The van der Waals surface area contributed by atoms with E-state index >= 15 is 0 Å². The van der Waals surface area contributed by atoms with E-state index in [2.05, 4.69) is 15.3 Å². The highest BCUT2D eigenvalue weighted by molar-refractivity contribution is 6.29. The third-order valence-corrected chi connectivity index (χ3v) is 3.60. The fraction of sp³-hybridized carbons (Fsp3) is 0.500. The van der Waals surface area contributed by atoms with Crippen LogP contribution in [0.5, 0.6) is 0 Å². The summed E-state index contributed by atoms with van der Waals surface area (Å²) in [7, 11) is 0. The van der Waals surface area contributed by atoms with Crippen molar-refractivity contribution in [1.82, 2.24) is 10.2 Å². The van der Waals surface area contributed by atoms with E-state index in [4.69, 9.17) is 11.6 Å². The number of hydrazone groups is 1. The van der Waals surface area contributed by atoms with Crippen LogP contribution in [-0.4, -0.2) is 21.8 Å². The van der Waals surface area contributed by atoms with Gasteiger partial charge in [-0.2, -0.15) is 10.1 Å². The van der Waals surface area contributed by atoms with Gasteiger partial charge in [-0.15, -0.1) is 10.2 Å². The van der Waals surface area contributed by atoms with E-state index in [-0.39, 0.29) is 11.8 Å². The van der Waals surface area contributed by atoms with Crippen molar-refractivity contribution in [2.24, 2.45) is 11.0 Å². The van der Waals surface area contributed by atoms with Crippen LogP contribution in [0, 0.1) is 5.92 Å². The molecule has 1 aliphatic heterocycles. The average Bonchev–Trinajstić information content (AvgIpc) is 2.57. The molecule has 1 amide bonds. The Balaban J connectivity index is 1.90. The Hall–Kier alpha value is -1.49. The van der Waals surface area contributed by atoms with Gasteiger partial charge in [-0.1, -0.05) is 24.4 Å². The first-order valence-corrected chi connectivity index (χ1v) is 6.54. The van der Waals surface area contributed by atoms with Gasteiger partial charge in [-0.05, 0) is 31.4 Å². The van der Waals surface area contributed by atoms with Gasteiger partial charge < -0.3 is 0 Å². The number of rotatable bonds is 1. The van der Waals surface area contributed by atoms with Crippen LogP contribution in [0.2, 0.25) is 5.15 Å². The smallest absolute Gasteiger partial charge is 0.257 e. The zero-order chi connectivity index (χ0) is 12.5. The molecule has 6 heteroatoms. The van der Waals surface area contributed by atoms with E-state index in [1.54, 1.807) is 12.1 Å². The number of nitrogens with zero attached hydrogens (tertiary/aromatic N) is 4. The van der Waals surface area contributed by atoms with Crippen molar-refractivity contribution >= 4 is 29.0 Å². The van der Waals surface area contributed by atoms with Gasteiger partial charge in [0.15, 0.2) is 11.0 Å². The molecule has 0 saturated heterocycles. The lowest BCUT2D eigenvalue weighted by molar-refractivity contribution is -0.119. The molecule has 0 bridgehead atoms. The van der Waals surface area contributed by atoms with Gasteiger partial charge in [-0.25, -0.2) is 0 Å². The minimum absolute atomic E-state index is 0.0172. The third kappa shape index (κ3) is 1.99. The number of anilines is 1. The van der Waals surface area contributed by atoms with E-state index in [0.717, 1.165) is 31.4 Å². The molecule has 0 spiro atoms. The number of carbonyl (C=O) groups is 1. The lowest BCUT2D eigenvalue weighted by atomic mass is 9.98. The number of amides is 1. The SMILES string of the molecule is O=C1C2CCCCCC2=NN1c1ccc(Cl)nn1. The molecule has 3 rings (SSSR count). The molecule has 18 heavy (non-hydrogen) atoms. The lowest BCUT2D eigenvalue weighted by Crippen LogP contribution is -2.27. The van der Waals surface area contributed by atoms with Crippen LogP contribution in [0.1, 0.15) is 32.1 Å². The second-order valence-electron chi connectivity index (χ2n) is 4.61. The van der Waals surface area contributed by atoms with Crippen molar-refractivity contribution in [1.29, 1.82) is 0 Å². The van der Waals surface area contributed by atoms with Gasteiger partial charge >= 0.3 is 0 Å². The Kier molecular flexibility index (Phi) is 2.99. The number of fused-ring (bicyclic) bond motifs is 1. The standard InChI is InChI=1S/C12H13ClN4O/c13-10-6-7-11(15-14-10)17-12(18)8-4-2-1-3-5-9(8)16-17/h6-8H,1-5H2. The van der Waals surface area contributed by atoms with Crippen LogP contribution < -0.4 is 5.01 Å². The number of hydrogen-bond donors (Lipinski definition) is 0. The van der Waals surface area contributed by atoms with E-state index in [1.165, 1.54) is 11.4 Å². The zero-order valence-corrected chi connectivity index (χ0v) is 10.6. The number of hydrogen-bond acceptors (Lipinski definition) is 4. The number of carbonyl (C=O) groups excluding carboxylic acids is 1. The first kappa shape index (κ1) is 11.6. The summed E-state index contributed by atoms with van der Waals surface area (Å²) in [4.78, 5) is 12.3. The molecular weight excluding hydrogens is 252 g/mol. The maximum atomic E-state index is 12.3. The van der Waals surface area contributed by atoms with Crippen LogP contribution in [0.3, 0.4) is 0 Å². The minimum Gasteiger partial charge on any atom is -0.272 e. The Bertz CT molecular complexity index is 499. The van der Waals surface area contributed by atoms with E-state index in [0.29, 0.717) is 11.0 Å². The van der Waals surface area contributed by atoms with Crippen LogP contribution in [0.15, 0.2) is 17.2 Å². The molecule has 0 radical (unpaired) electrons. The molecule has 1 aromatic rings. The average molecular weight is 265 g/mol. The second kappa shape index (κ2) is 4.65. The summed E-state index contributed by atoms with van der Waals surface area (Å²) in [5, 5.41) is 13.7. The zero-order valence-electron chi connectivity index (χ0n) is 9.84. The summed E-state index contributed by atoms with van der Waals surface area (Å²) in [6.45, 7) is 0. The molecule has 5 nitrogen and oxygen atoms in total. The number of aromatic nitrogens is 2. The van der Waals surface area contributed by atoms with Gasteiger partial charge in [0.25, 0.3) is 5.91 Å². The van der Waals surface area contributed by atoms with Crippen LogP contribution in [-0.2, 0) is 4.79 Å². The molecule has 1 unspecified atom stereocenters. The largest absolute Gasteiger partial charge is 0.272 e. The molecule has 0 aromatic carbocycles. The van der Waals surface area contributed by atoms with E-state index in [9.17, 15) is 4.79 Å². The second-order valence-corrected chi connectivity index (χ2v) is 4.99. The Morgan fingerprint density at radius 2 is 2.11 bits per heavy atom. The van der Waals surface area contributed by atoms with Crippen molar-refractivity contribution in [3.63, 3.8) is 0 Å². The first-order chi connectivity index (χ1) is 8.75. The van der Waals surface area contributed by atoms with Gasteiger partial charge in [0.1, 0.15) is 0 Å². The topological polar surface area (TPSA) is 58.5 Å². The predicted octanol–water partition coefficient (Wildman–Crippen LogP) is 2.41. The summed E-state index contributed by atoms with van der Waals surface area (Å²) >= 11 is 5.69. The first-order valence-electron chi connectivity index (χ1n) is 6.16. The Morgan fingerprint density at radius 3 is 2.89 bits per heavy atom. The molecule has 1 saturated carbocycles. The third-order valence-electron chi connectivity index (χ3n) is 3.40. The molecule has 2 heterocycles. The highest BCUT2D eigenvalue weighted by atomic mass is 35.5. The van der Waals surface area contributed by atoms with Crippen molar-refractivity contribution in [2.75, 3.05) is 5.01 Å². The molecule has 94 valence electrons. The van der Waals surface area contributed by atoms with Crippen molar-refractivity contribution in [3.05, 3.63) is 17.3 Å².